The molecule has 6 rings (SSSR count). The third-order valence-electron chi connectivity index (χ3n) is 6.27. The SMILES string of the molecule is O=C(O)Cn1nnc(-c2nnc(N3CCC4(C=C(c5ccc(Br)cc5)c5ccccc5O4)CC3)s2)n1. The second kappa shape index (κ2) is 9.10. The summed E-state index contributed by atoms with van der Waals surface area (Å²) in [5, 5.41) is 30.4. The molecule has 1 fully saturated rings. The number of rotatable bonds is 5. The average Bonchev–Trinajstić information content (AvgIpc) is 3.54. The first-order chi connectivity index (χ1) is 17.5. The number of nitrogens with zero attached hydrogens (tertiary/aromatic N) is 7. The van der Waals surface area contributed by atoms with E-state index in [1.807, 2.05) is 18.2 Å². The van der Waals surface area contributed by atoms with Crippen LogP contribution < -0.4 is 9.64 Å². The maximum Gasteiger partial charge on any atom is 0.327 e. The second-order valence-electron chi connectivity index (χ2n) is 8.64. The Hall–Kier alpha value is -3.64. The van der Waals surface area contributed by atoms with Crippen LogP contribution in [0, 0.1) is 0 Å². The highest BCUT2D eigenvalue weighted by molar-refractivity contribution is 9.10. The number of aromatic nitrogens is 6. The Morgan fingerprint density at radius 3 is 2.64 bits per heavy atom. The topological polar surface area (TPSA) is 119 Å². The number of hydrogen-bond donors (Lipinski definition) is 1. The number of carboxylic acid groups (broad SMARTS) is 1. The molecule has 12 heteroatoms. The van der Waals surface area contributed by atoms with Crippen LogP contribution in [0.4, 0.5) is 5.13 Å². The Bertz CT molecular complexity index is 1460. The van der Waals surface area contributed by atoms with Gasteiger partial charge in [-0.2, -0.15) is 4.80 Å². The van der Waals surface area contributed by atoms with Gasteiger partial charge in [0.25, 0.3) is 0 Å². The monoisotopic (exact) mass is 565 g/mol. The molecule has 1 saturated heterocycles. The summed E-state index contributed by atoms with van der Waals surface area (Å²) in [5.74, 6) is 0.131. The molecule has 0 bridgehead atoms. The molecule has 0 aliphatic carbocycles. The number of para-hydroxylation sites is 1. The van der Waals surface area contributed by atoms with Crippen LogP contribution in [0.15, 0.2) is 59.1 Å². The van der Waals surface area contributed by atoms with Gasteiger partial charge < -0.3 is 14.7 Å². The number of aliphatic carboxylic acids is 1. The number of benzene rings is 2. The predicted molar refractivity (Wildman–Crippen MR) is 137 cm³/mol. The van der Waals surface area contributed by atoms with E-state index in [9.17, 15) is 4.79 Å². The molecule has 2 aliphatic heterocycles. The predicted octanol–water partition coefficient (Wildman–Crippen LogP) is 3.90. The van der Waals surface area contributed by atoms with E-state index in [1.165, 1.54) is 16.9 Å². The minimum atomic E-state index is -1.04. The fourth-order valence-corrected chi connectivity index (χ4v) is 5.59. The van der Waals surface area contributed by atoms with Gasteiger partial charge in [-0.25, -0.2) is 0 Å². The number of piperidine rings is 1. The van der Waals surface area contributed by atoms with Gasteiger partial charge in [0.1, 0.15) is 11.4 Å². The molecule has 4 aromatic rings. The Balaban J connectivity index is 1.22. The first-order valence-electron chi connectivity index (χ1n) is 11.3. The van der Waals surface area contributed by atoms with Crippen LogP contribution >= 0.6 is 27.3 Å². The van der Waals surface area contributed by atoms with Crippen molar-refractivity contribution in [2.24, 2.45) is 0 Å². The van der Waals surface area contributed by atoms with Gasteiger partial charge in [0, 0.05) is 36.0 Å². The summed E-state index contributed by atoms with van der Waals surface area (Å²) in [6.45, 7) is 1.14. The molecule has 10 nitrogen and oxygen atoms in total. The zero-order valence-electron chi connectivity index (χ0n) is 18.9. The van der Waals surface area contributed by atoms with Gasteiger partial charge in [0.05, 0.1) is 0 Å². The Morgan fingerprint density at radius 2 is 1.86 bits per heavy atom. The number of hydrogen-bond acceptors (Lipinski definition) is 9. The molecular weight excluding hydrogens is 546 g/mol. The minimum Gasteiger partial charge on any atom is -0.482 e. The third kappa shape index (κ3) is 4.37. The fourth-order valence-electron chi connectivity index (χ4n) is 4.51. The first kappa shape index (κ1) is 22.8. The lowest BCUT2D eigenvalue weighted by Crippen LogP contribution is -2.48. The van der Waals surface area contributed by atoms with E-state index >= 15 is 0 Å². The van der Waals surface area contributed by atoms with Gasteiger partial charge in [0.2, 0.25) is 11.0 Å². The molecule has 36 heavy (non-hydrogen) atoms. The Labute approximate surface area is 218 Å². The highest BCUT2D eigenvalue weighted by atomic mass is 79.9. The molecule has 1 N–H and O–H groups in total. The van der Waals surface area contributed by atoms with Crippen LogP contribution in [0.25, 0.3) is 16.4 Å². The summed E-state index contributed by atoms with van der Waals surface area (Å²) >= 11 is 4.90. The molecule has 0 saturated carbocycles. The number of tetrazole rings is 1. The molecule has 2 aromatic carbocycles. The van der Waals surface area contributed by atoms with Crippen LogP contribution in [0.5, 0.6) is 5.75 Å². The van der Waals surface area contributed by atoms with Crippen molar-refractivity contribution in [2.45, 2.75) is 25.0 Å². The van der Waals surface area contributed by atoms with Crippen LogP contribution in [0.3, 0.4) is 0 Å². The van der Waals surface area contributed by atoms with E-state index in [4.69, 9.17) is 9.84 Å². The molecule has 0 atom stereocenters. The summed E-state index contributed by atoms with van der Waals surface area (Å²) in [6, 6.07) is 16.6. The van der Waals surface area contributed by atoms with E-state index in [0.29, 0.717) is 5.01 Å². The zero-order valence-corrected chi connectivity index (χ0v) is 21.3. The molecule has 0 unspecified atom stereocenters. The average molecular weight is 566 g/mol. The van der Waals surface area contributed by atoms with Gasteiger partial charge in [-0.05, 0) is 40.6 Å². The minimum absolute atomic E-state index is 0.266. The van der Waals surface area contributed by atoms with E-state index in [0.717, 1.165) is 57.2 Å². The van der Waals surface area contributed by atoms with Gasteiger partial charge in [-0.1, -0.05) is 57.6 Å². The van der Waals surface area contributed by atoms with Crippen LogP contribution in [0.1, 0.15) is 24.0 Å². The number of carboxylic acids is 1. The fraction of sp³-hybridized carbons (Fsp3) is 0.250. The van der Waals surface area contributed by atoms with Crippen molar-refractivity contribution in [1.82, 2.24) is 30.4 Å². The Kier molecular flexibility index (Phi) is 5.76. The van der Waals surface area contributed by atoms with Crippen LogP contribution in [-0.2, 0) is 11.3 Å². The molecular formula is C24H20BrN7O3S. The highest BCUT2D eigenvalue weighted by Gasteiger charge is 2.39. The molecule has 2 aromatic heterocycles. The van der Waals surface area contributed by atoms with Crippen molar-refractivity contribution in [3.8, 4) is 16.6 Å². The van der Waals surface area contributed by atoms with E-state index < -0.39 is 11.6 Å². The summed E-state index contributed by atoms with van der Waals surface area (Å²) in [4.78, 5) is 14.1. The first-order valence-corrected chi connectivity index (χ1v) is 12.9. The van der Waals surface area contributed by atoms with Gasteiger partial charge in [-0.3, -0.25) is 4.79 Å². The molecule has 4 heterocycles. The number of ether oxygens (including phenoxy) is 1. The molecule has 2 aliphatic rings. The van der Waals surface area contributed by atoms with Gasteiger partial charge >= 0.3 is 5.97 Å². The van der Waals surface area contributed by atoms with E-state index in [-0.39, 0.29) is 12.4 Å². The number of carbonyl (C=O) groups is 1. The maximum atomic E-state index is 10.9. The standard InChI is InChI=1S/C24H20BrN7O3S/c25-16-7-5-15(6-8-16)18-13-24(35-19-4-2-1-3-17(18)19)9-11-31(12-10-24)23-28-27-22(36-23)21-26-30-32(29-21)14-20(33)34/h1-8,13H,9-12,14H2,(H,33,34). The molecule has 182 valence electrons. The van der Waals surface area contributed by atoms with E-state index in [1.54, 1.807) is 0 Å². The largest absolute Gasteiger partial charge is 0.482 e. The lowest BCUT2D eigenvalue weighted by Gasteiger charge is -2.43. The van der Waals surface area contributed by atoms with Crippen molar-refractivity contribution in [3.63, 3.8) is 0 Å². The van der Waals surface area contributed by atoms with Crippen molar-refractivity contribution in [2.75, 3.05) is 18.0 Å². The lowest BCUT2D eigenvalue weighted by atomic mass is 9.83. The van der Waals surface area contributed by atoms with Crippen LogP contribution in [-0.4, -0.2) is 60.2 Å². The number of anilines is 1. The van der Waals surface area contributed by atoms with Crippen molar-refractivity contribution in [1.29, 1.82) is 0 Å². The quantitative estimate of drug-likeness (QED) is 0.384. The summed E-state index contributed by atoms with van der Waals surface area (Å²) in [7, 11) is 0. The normalized spacial score (nSPS) is 16.4. The molecule has 1 spiro atoms. The summed E-state index contributed by atoms with van der Waals surface area (Å²) < 4.78 is 7.65. The van der Waals surface area contributed by atoms with Gasteiger partial charge in [0.15, 0.2) is 11.6 Å². The second-order valence-corrected chi connectivity index (χ2v) is 10.5. The van der Waals surface area contributed by atoms with Crippen molar-refractivity contribution < 1.29 is 14.6 Å². The Morgan fingerprint density at radius 1 is 1.08 bits per heavy atom. The lowest BCUT2D eigenvalue weighted by molar-refractivity contribution is -0.138. The van der Waals surface area contributed by atoms with Crippen molar-refractivity contribution >= 4 is 43.9 Å². The number of halogens is 1. The highest BCUT2D eigenvalue weighted by Crippen LogP contribution is 2.44. The zero-order chi connectivity index (χ0) is 24.7. The summed E-state index contributed by atoms with van der Waals surface area (Å²) in [6.07, 6.45) is 3.87. The van der Waals surface area contributed by atoms with E-state index in [2.05, 4.69) is 82.8 Å². The van der Waals surface area contributed by atoms with Crippen LogP contribution in [0.2, 0.25) is 0 Å². The smallest absolute Gasteiger partial charge is 0.327 e. The maximum absolute atomic E-state index is 10.9. The third-order valence-corrected chi connectivity index (χ3v) is 7.78. The molecule has 0 amide bonds. The molecule has 0 radical (unpaired) electrons. The van der Waals surface area contributed by atoms with Crippen molar-refractivity contribution in [3.05, 3.63) is 70.2 Å². The van der Waals surface area contributed by atoms with Gasteiger partial charge in [-0.15, -0.1) is 20.4 Å². The number of fused-ring (bicyclic) bond motifs is 1. The summed E-state index contributed by atoms with van der Waals surface area (Å²) in [5.41, 5.74) is 3.05.